The lowest BCUT2D eigenvalue weighted by molar-refractivity contribution is -0.154. The molecule has 3 heterocycles. The molecule has 7 nitrogen and oxygen atoms in total. The van der Waals surface area contributed by atoms with Gasteiger partial charge in [-0.15, -0.1) is 24.9 Å². The van der Waals surface area contributed by atoms with Gasteiger partial charge in [-0.3, -0.25) is 14.4 Å². The molecular weight excluding hydrogens is 476 g/mol. The van der Waals surface area contributed by atoms with Crippen LogP contribution in [0.3, 0.4) is 0 Å². The maximum absolute atomic E-state index is 14.2. The monoisotopic (exact) mass is 512 g/mol. The van der Waals surface area contributed by atoms with Crippen molar-refractivity contribution in [1.82, 2.24) is 9.80 Å². The molecule has 8 heteroatoms. The van der Waals surface area contributed by atoms with Gasteiger partial charge in [-0.1, -0.05) is 42.5 Å². The Morgan fingerprint density at radius 3 is 2.69 bits per heavy atom. The Kier molecular flexibility index (Phi) is 8.57. The highest BCUT2D eigenvalue weighted by Gasteiger charge is 2.74. The minimum absolute atomic E-state index is 0.0249. The van der Waals surface area contributed by atoms with E-state index < -0.39 is 22.6 Å². The minimum atomic E-state index is -0.682. The molecule has 5 atom stereocenters. The highest BCUT2D eigenvalue weighted by atomic mass is 32.2. The van der Waals surface area contributed by atoms with Crippen LogP contribution in [0.15, 0.2) is 55.6 Å². The highest BCUT2D eigenvalue weighted by Crippen LogP contribution is 2.66. The summed E-state index contributed by atoms with van der Waals surface area (Å²) in [6.45, 7) is 8.81. The Morgan fingerprint density at radius 2 is 2.00 bits per heavy atom. The number of thioether (sulfide) groups is 1. The molecule has 4 rings (SSSR count). The lowest BCUT2D eigenvalue weighted by Gasteiger charge is -2.37. The van der Waals surface area contributed by atoms with Crippen LogP contribution in [-0.4, -0.2) is 75.0 Å². The number of fused-ring (bicyclic) bond motifs is 1. The first-order valence-corrected chi connectivity index (χ1v) is 13.7. The first-order chi connectivity index (χ1) is 17.5. The number of hydrogen-bond donors (Lipinski definition) is 1. The van der Waals surface area contributed by atoms with Crippen molar-refractivity contribution in [3.63, 3.8) is 0 Å². The van der Waals surface area contributed by atoms with Crippen LogP contribution in [0.1, 0.15) is 37.7 Å². The Balaban J connectivity index is 1.63. The fraction of sp³-hybridized carbons (Fsp3) is 0.536. The number of amides is 2. The second-order valence-corrected chi connectivity index (χ2v) is 11.4. The Morgan fingerprint density at radius 1 is 1.22 bits per heavy atom. The number of allylic oxidation sites excluding steroid dienone is 1. The van der Waals surface area contributed by atoms with Gasteiger partial charge in [0.15, 0.2) is 0 Å². The summed E-state index contributed by atoms with van der Waals surface area (Å²) in [6.07, 6.45) is 6.81. The van der Waals surface area contributed by atoms with E-state index in [0.29, 0.717) is 39.0 Å². The predicted molar refractivity (Wildman–Crippen MR) is 140 cm³/mol. The summed E-state index contributed by atoms with van der Waals surface area (Å²) in [7, 11) is 0. The van der Waals surface area contributed by atoms with Crippen molar-refractivity contribution in [3.05, 3.63) is 61.2 Å². The topological polar surface area (TPSA) is 87.1 Å². The molecule has 194 valence electrons. The molecule has 3 aliphatic rings. The van der Waals surface area contributed by atoms with E-state index in [1.807, 2.05) is 30.3 Å². The number of carbonyl (C=O) groups is 3. The molecule has 2 bridgehead atoms. The number of unbranched alkanes of at least 4 members (excludes halogenated alkanes) is 1. The van der Waals surface area contributed by atoms with Crippen LogP contribution in [0.2, 0.25) is 0 Å². The molecule has 2 unspecified atom stereocenters. The Bertz CT molecular complexity index is 985. The van der Waals surface area contributed by atoms with Crippen LogP contribution in [0.5, 0.6) is 0 Å². The molecule has 1 N–H and O–H groups in total. The lowest BCUT2D eigenvalue weighted by atomic mass is 9.71. The van der Waals surface area contributed by atoms with E-state index in [0.717, 1.165) is 18.4 Å². The van der Waals surface area contributed by atoms with Gasteiger partial charge >= 0.3 is 5.97 Å². The van der Waals surface area contributed by atoms with Crippen LogP contribution < -0.4 is 0 Å². The molecule has 0 aromatic heterocycles. The number of ether oxygens (including phenoxy) is 1. The first kappa shape index (κ1) is 26.5. The fourth-order valence-corrected chi connectivity index (χ4v) is 8.24. The quantitative estimate of drug-likeness (QED) is 0.248. The summed E-state index contributed by atoms with van der Waals surface area (Å²) in [6, 6.07) is 9.08. The summed E-state index contributed by atoms with van der Waals surface area (Å²) in [5, 5.41) is 9.48. The fourth-order valence-electron chi connectivity index (χ4n) is 6.04. The van der Waals surface area contributed by atoms with E-state index in [-0.39, 0.29) is 36.2 Å². The van der Waals surface area contributed by atoms with Crippen LogP contribution in [-0.2, 0) is 25.7 Å². The van der Waals surface area contributed by atoms with Crippen LogP contribution >= 0.6 is 11.8 Å². The van der Waals surface area contributed by atoms with Gasteiger partial charge in [0.25, 0.3) is 0 Å². The third kappa shape index (κ3) is 4.85. The van der Waals surface area contributed by atoms with Crippen molar-refractivity contribution in [1.29, 1.82) is 0 Å². The molecule has 3 saturated heterocycles. The van der Waals surface area contributed by atoms with E-state index >= 15 is 0 Å². The number of nitrogens with zero attached hydrogens (tertiary/aromatic N) is 2. The first-order valence-electron chi connectivity index (χ1n) is 12.8. The standard InChI is InChI=1S/C28H36N2O5S/c1-3-5-9-18-35-27(34)22-21-13-14-28(36-21)23(22)25(32)30(16-10-17-31)24(28)26(33)29(15-4-2)19-20-11-7-6-8-12-20/h3-4,6-8,11-12,21-24,31H,1-2,5,9-10,13-19H2/t21-,22+,23+,24?,28?/m1/s1. The van der Waals surface area contributed by atoms with Crippen molar-refractivity contribution in [3.8, 4) is 0 Å². The third-order valence-corrected chi connectivity index (χ3v) is 9.49. The molecule has 3 aliphatic heterocycles. The predicted octanol–water partition coefficient (Wildman–Crippen LogP) is 3.18. The normalized spacial score (nSPS) is 28.1. The smallest absolute Gasteiger partial charge is 0.310 e. The molecule has 0 saturated carbocycles. The van der Waals surface area contributed by atoms with Crippen molar-refractivity contribution < 1.29 is 24.2 Å². The number of rotatable bonds is 13. The maximum Gasteiger partial charge on any atom is 0.310 e. The number of esters is 1. The summed E-state index contributed by atoms with van der Waals surface area (Å²) >= 11 is 1.63. The van der Waals surface area contributed by atoms with Crippen molar-refractivity contribution >= 4 is 29.5 Å². The Labute approximate surface area is 217 Å². The SMILES string of the molecule is C=CCCCOC(=O)[C@@H]1[C@H]2C(=O)N(CCCO)C(C(=O)N(CC=C)Cc3ccccc3)C23CC[C@H]1S3. The van der Waals surface area contributed by atoms with Gasteiger partial charge in [-0.2, -0.15) is 0 Å². The molecule has 1 spiro atoms. The number of aliphatic hydroxyl groups is 1. The second kappa shape index (κ2) is 11.6. The summed E-state index contributed by atoms with van der Waals surface area (Å²) in [5.41, 5.74) is 0.998. The molecule has 3 fully saturated rings. The summed E-state index contributed by atoms with van der Waals surface area (Å²) < 4.78 is 4.93. The third-order valence-electron chi connectivity index (χ3n) is 7.54. The van der Waals surface area contributed by atoms with E-state index in [1.54, 1.807) is 33.7 Å². The molecule has 36 heavy (non-hydrogen) atoms. The van der Waals surface area contributed by atoms with Crippen LogP contribution in [0.25, 0.3) is 0 Å². The van der Waals surface area contributed by atoms with E-state index in [2.05, 4.69) is 13.2 Å². The van der Waals surface area contributed by atoms with Gasteiger partial charge in [0.1, 0.15) is 6.04 Å². The van der Waals surface area contributed by atoms with E-state index in [1.165, 1.54) is 0 Å². The zero-order valence-electron chi connectivity index (χ0n) is 20.7. The molecule has 1 aromatic carbocycles. The zero-order valence-corrected chi connectivity index (χ0v) is 21.5. The van der Waals surface area contributed by atoms with Gasteiger partial charge < -0.3 is 19.6 Å². The second-order valence-electron chi connectivity index (χ2n) is 9.76. The van der Waals surface area contributed by atoms with Crippen molar-refractivity contribution in [2.24, 2.45) is 11.8 Å². The van der Waals surface area contributed by atoms with Gasteiger partial charge in [-0.05, 0) is 37.7 Å². The van der Waals surface area contributed by atoms with Crippen LogP contribution in [0, 0.1) is 11.8 Å². The number of likely N-dealkylation sites (tertiary alicyclic amines) is 1. The molecule has 0 radical (unpaired) electrons. The highest BCUT2D eigenvalue weighted by molar-refractivity contribution is 8.02. The van der Waals surface area contributed by atoms with Crippen molar-refractivity contribution in [2.75, 3.05) is 26.3 Å². The number of carbonyl (C=O) groups excluding carboxylic acids is 3. The van der Waals surface area contributed by atoms with Gasteiger partial charge in [0, 0.05) is 31.5 Å². The van der Waals surface area contributed by atoms with Gasteiger partial charge in [0.05, 0.1) is 23.2 Å². The van der Waals surface area contributed by atoms with E-state index in [4.69, 9.17) is 4.74 Å². The minimum Gasteiger partial charge on any atom is -0.465 e. The van der Waals surface area contributed by atoms with Gasteiger partial charge in [-0.25, -0.2) is 0 Å². The van der Waals surface area contributed by atoms with E-state index in [9.17, 15) is 19.5 Å². The summed E-state index contributed by atoms with van der Waals surface area (Å²) in [4.78, 5) is 44.6. The Hall–Kier alpha value is -2.58. The summed E-state index contributed by atoms with van der Waals surface area (Å²) in [5.74, 6) is -1.75. The molecule has 1 aromatic rings. The molecule has 2 amide bonds. The maximum atomic E-state index is 14.2. The largest absolute Gasteiger partial charge is 0.465 e. The number of benzene rings is 1. The zero-order chi connectivity index (χ0) is 25.7. The van der Waals surface area contributed by atoms with Crippen molar-refractivity contribution in [2.45, 2.75) is 54.7 Å². The average Bonchev–Trinajstić information content (AvgIpc) is 3.52. The number of aliphatic hydroxyl groups excluding tert-OH is 1. The van der Waals surface area contributed by atoms with Gasteiger partial charge in [0.2, 0.25) is 11.8 Å². The molecule has 0 aliphatic carbocycles. The molecular formula is C28H36N2O5S. The number of hydrogen-bond acceptors (Lipinski definition) is 6. The lowest BCUT2D eigenvalue weighted by Crippen LogP contribution is -2.54. The average molecular weight is 513 g/mol. The van der Waals surface area contributed by atoms with Crippen LogP contribution in [0.4, 0.5) is 0 Å².